The van der Waals surface area contributed by atoms with Gasteiger partial charge < -0.3 is 15.8 Å². The van der Waals surface area contributed by atoms with E-state index in [0.29, 0.717) is 11.3 Å². The molecule has 24 heavy (non-hydrogen) atoms. The Labute approximate surface area is 141 Å². The first-order valence-electron chi connectivity index (χ1n) is 7.90. The zero-order valence-electron chi connectivity index (χ0n) is 13.7. The Morgan fingerprint density at radius 3 is 2.38 bits per heavy atom. The zero-order valence-corrected chi connectivity index (χ0v) is 13.7. The number of ether oxygens (including phenoxy) is 1. The van der Waals surface area contributed by atoms with Crippen LogP contribution >= 0.6 is 0 Å². The maximum atomic E-state index is 11.9. The molecule has 1 unspecified atom stereocenters. The number of amides is 2. The lowest BCUT2D eigenvalue weighted by molar-refractivity contribution is -0.123. The van der Waals surface area contributed by atoms with Crippen LogP contribution in [0, 0.1) is 0 Å². The van der Waals surface area contributed by atoms with E-state index in [0.717, 1.165) is 12.8 Å². The van der Waals surface area contributed by atoms with Crippen LogP contribution in [0.5, 0.6) is 5.75 Å². The van der Waals surface area contributed by atoms with Crippen molar-refractivity contribution in [2.75, 3.05) is 6.61 Å². The van der Waals surface area contributed by atoms with Gasteiger partial charge in [-0.3, -0.25) is 9.59 Å². The molecule has 0 bridgehead atoms. The van der Waals surface area contributed by atoms with E-state index >= 15 is 0 Å². The van der Waals surface area contributed by atoms with E-state index in [1.165, 1.54) is 5.56 Å². The Hall–Kier alpha value is -2.82. The number of aryl methyl sites for hydroxylation is 1. The molecule has 0 heterocycles. The van der Waals surface area contributed by atoms with Gasteiger partial charge in [-0.2, -0.15) is 0 Å². The van der Waals surface area contributed by atoms with Crippen molar-refractivity contribution in [1.82, 2.24) is 5.32 Å². The summed E-state index contributed by atoms with van der Waals surface area (Å²) in [6.07, 6.45) is 1.78. The molecule has 5 nitrogen and oxygen atoms in total. The molecule has 0 radical (unpaired) electrons. The van der Waals surface area contributed by atoms with Crippen LogP contribution in [-0.2, 0) is 11.2 Å². The summed E-state index contributed by atoms with van der Waals surface area (Å²) in [5.74, 6) is -0.145. The van der Waals surface area contributed by atoms with Crippen molar-refractivity contribution in [2.45, 2.75) is 25.8 Å². The van der Waals surface area contributed by atoms with Gasteiger partial charge in [0.25, 0.3) is 5.91 Å². The molecule has 2 amide bonds. The van der Waals surface area contributed by atoms with Crippen LogP contribution in [0.4, 0.5) is 0 Å². The smallest absolute Gasteiger partial charge is 0.258 e. The second kappa shape index (κ2) is 8.72. The van der Waals surface area contributed by atoms with E-state index < -0.39 is 5.91 Å². The second-order valence-corrected chi connectivity index (χ2v) is 5.67. The number of benzene rings is 2. The molecule has 2 aromatic carbocycles. The monoisotopic (exact) mass is 326 g/mol. The fraction of sp³-hybridized carbons (Fsp3) is 0.263. The van der Waals surface area contributed by atoms with Crippen molar-refractivity contribution in [1.29, 1.82) is 0 Å². The number of carbonyl (C=O) groups excluding carboxylic acids is 2. The number of rotatable bonds is 8. The number of carbonyl (C=O) groups is 2. The van der Waals surface area contributed by atoms with E-state index in [9.17, 15) is 9.59 Å². The van der Waals surface area contributed by atoms with E-state index in [-0.39, 0.29) is 18.6 Å². The highest BCUT2D eigenvalue weighted by Crippen LogP contribution is 2.11. The molecule has 5 heteroatoms. The van der Waals surface area contributed by atoms with E-state index in [1.807, 2.05) is 25.1 Å². The summed E-state index contributed by atoms with van der Waals surface area (Å²) in [7, 11) is 0. The van der Waals surface area contributed by atoms with Crippen molar-refractivity contribution < 1.29 is 14.3 Å². The summed E-state index contributed by atoms with van der Waals surface area (Å²) in [5, 5.41) is 2.91. The largest absolute Gasteiger partial charge is 0.484 e. The van der Waals surface area contributed by atoms with Crippen molar-refractivity contribution >= 4 is 11.8 Å². The van der Waals surface area contributed by atoms with E-state index in [2.05, 4.69) is 17.4 Å². The normalized spacial score (nSPS) is 11.5. The first kappa shape index (κ1) is 17.5. The minimum absolute atomic E-state index is 0.0639. The molecule has 0 saturated carbocycles. The van der Waals surface area contributed by atoms with Gasteiger partial charge in [0.1, 0.15) is 5.75 Å². The molecule has 0 saturated heterocycles. The lowest BCUT2D eigenvalue weighted by Crippen LogP contribution is -2.36. The summed E-state index contributed by atoms with van der Waals surface area (Å²) < 4.78 is 5.40. The van der Waals surface area contributed by atoms with Crippen molar-refractivity contribution in [3.8, 4) is 5.75 Å². The van der Waals surface area contributed by atoms with Crippen LogP contribution in [-0.4, -0.2) is 24.5 Å². The molecule has 0 spiro atoms. The van der Waals surface area contributed by atoms with Crippen LogP contribution in [0.2, 0.25) is 0 Å². The van der Waals surface area contributed by atoms with Gasteiger partial charge >= 0.3 is 0 Å². The van der Waals surface area contributed by atoms with Gasteiger partial charge in [-0.05, 0) is 49.6 Å². The summed E-state index contributed by atoms with van der Waals surface area (Å²) in [6, 6.07) is 16.6. The fourth-order valence-corrected chi connectivity index (χ4v) is 2.28. The predicted octanol–water partition coefficient (Wildman–Crippen LogP) is 2.30. The van der Waals surface area contributed by atoms with Crippen LogP contribution < -0.4 is 15.8 Å². The highest BCUT2D eigenvalue weighted by atomic mass is 16.5. The number of nitrogens with one attached hydrogen (secondary N) is 1. The maximum absolute atomic E-state index is 11.9. The lowest BCUT2D eigenvalue weighted by Gasteiger charge is -2.14. The molecule has 0 aliphatic carbocycles. The third kappa shape index (κ3) is 5.76. The number of primary amides is 1. The van der Waals surface area contributed by atoms with Gasteiger partial charge in [0, 0.05) is 11.6 Å². The molecule has 0 aliphatic rings. The van der Waals surface area contributed by atoms with Gasteiger partial charge in [-0.15, -0.1) is 0 Å². The van der Waals surface area contributed by atoms with Crippen LogP contribution in [0.1, 0.15) is 29.3 Å². The second-order valence-electron chi connectivity index (χ2n) is 5.67. The van der Waals surface area contributed by atoms with Gasteiger partial charge in [0.05, 0.1) is 0 Å². The Balaban J connectivity index is 1.71. The van der Waals surface area contributed by atoms with Crippen LogP contribution in [0.15, 0.2) is 54.6 Å². The Bertz CT molecular complexity index is 669. The molecule has 1 atom stereocenters. The molecule has 3 N–H and O–H groups in total. The molecular formula is C19H22N2O3. The highest BCUT2D eigenvalue weighted by Gasteiger charge is 2.09. The fourth-order valence-electron chi connectivity index (χ4n) is 2.28. The number of hydrogen-bond donors (Lipinski definition) is 2. The minimum atomic E-state index is -0.494. The highest BCUT2D eigenvalue weighted by molar-refractivity contribution is 5.92. The van der Waals surface area contributed by atoms with E-state index in [4.69, 9.17) is 10.5 Å². The van der Waals surface area contributed by atoms with Crippen LogP contribution in [0.25, 0.3) is 0 Å². The first-order chi connectivity index (χ1) is 11.5. The average molecular weight is 326 g/mol. The summed E-state index contributed by atoms with van der Waals surface area (Å²) in [6.45, 7) is 1.91. The molecule has 2 rings (SSSR count). The van der Waals surface area contributed by atoms with Gasteiger partial charge in [0.15, 0.2) is 6.61 Å². The average Bonchev–Trinajstić information content (AvgIpc) is 2.59. The molecular weight excluding hydrogens is 304 g/mol. The van der Waals surface area contributed by atoms with Crippen molar-refractivity contribution in [2.24, 2.45) is 5.73 Å². The first-order valence-corrected chi connectivity index (χ1v) is 7.90. The SMILES string of the molecule is CC(CCc1ccccc1)NC(=O)COc1ccc(C(N)=O)cc1. The minimum Gasteiger partial charge on any atom is -0.484 e. The molecule has 126 valence electrons. The zero-order chi connectivity index (χ0) is 17.4. The molecule has 0 aliphatic heterocycles. The lowest BCUT2D eigenvalue weighted by atomic mass is 10.1. The van der Waals surface area contributed by atoms with Crippen molar-refractivity contribution in [3.05, 3.63) is 65.7 Å². The molecule has 0 fully saturated rings. The van der Waals surface area contributed by atoms with Crippen molar-refractivity contribution in [3.63, 3.8) is 0 Å². The maximum Gasteiger partial charge on any atom is 0.258 e. The van der Waals surface area contributed by atoms with Gasteiger partial charge in [-0.25, -0.2) is 0 Å². The predicted molar refractivity (Wildman–Crippen MR) is 92.8 cm³/mol. The summed E-state index contributed by atoms with van der Waals surface area (Å²) >= 11 is 0. The summed E-state index contributed by atoms with van der Waals surface area (Å²) in [4.78, 5) is 22.9. The topological polar surface area (TPSA) is 81.4 Å². The van der Waals surface area contributed by atoms with Crippen LogP contribution in [0.3, 0.4) is 0 Å². The molecule has 2 aromatic rings. The Morgan fingerprint density at radius 1 is 1.08 bits per heavy atom. The van der Waals surface area contributed by atoms with Gasteiger partial charge in [0.2, 0.25) is 5.91 Å². The third-order valence-corrected chi connectivity index (χ3v) is 3.63. The number of nitrogens with two attached hydrogens (primary N) is 1. The summed E-state index contributed by atoms with van der Waals surface area (Å²) in [5.41, 5.74) is 6.83. The Morgan fingerprint density at radius 2 is 1.75 bits per heavy atom. The van der Waals surface area contributed by atoms with Gasteiger partial charge in [-0.1, -0.05) is 30.3 Å². The molecule has 0 aromatic heterocycles. The number of hydrogen-bond acceptors (Lipinski definition) is 3. The quantitative estimate of drug-likeness (QED) is 0.781. The Kier molecular flexibility index (Phi) is 6.37. The van der Waals surface area contributed by atoms with E-state index in [1.54, 1.807) is 24.3 Å². The third-order valence-electron chi connectivity index (χ3n) is 3.63. The standard InChI is InChI=1S/C19H22N2O3/c1-14(7-8-15-5-3-2-4-6-15)21-18(22)13-24-17-11-9-16(10-12-17)19(20)23/h2-6,9-12,14H,7-8,13H2,1H3,(H2,20,23)(H,21,22).